The summed E-state index contributed by atoms with van der Waals surface area (Å²) in [6.45, 7) is 5.69. The number of rotatable bonds is 5. The molecule has 1 aliphatic rings. The molecule has 4 rings (SSSR count). The largest absolute Gasteiger partial charge is 0.507 e. The number of aliphatic hydroxyl groups is 1. The molecule has 0 bridgehead atoms. The number of esters is 1. The van der Waals surface area contributed by atoms with E-state index < -0.39 is 35.3 Å². The van der Waals surface area contributed by atoms with Crippen LogP contribution in [0.5, 0.6) is 0 Å². The molecular weight excluding hydrogens is 471 g/mol. The van der Waals surface area contributed by atoms with E-state index in [-0.39, 0.29) is 27.1 Å². The van der Waals surface area contributed by atoms with E-state index in [4.69, 9.17) is 4.74 Å². The van der Waals surface area contributed by atoms with E-state index in [9.17, 15) is 23.9 Å². The van der Waals surface area contributed by atoms with Gasteiger partial charge in [0.25, 0.3) is 5.78 Å². The van der Waals surface area contributed by atoms with Crippen molar-refractivity contribution in [2.75, 3.05) is 12.0 Å². The third kappa shape index (κ3) is 4.35. The Morgan fingerprint density at radius 2 is 1.74 bits per heavy atom. The number of aliphatic hydroxyl groups excluding tert-OH is 1. The van der Waals surface area contributed by atoms with Crippen LogP contribution in [0, 0.1) is 12.7 Å². The number of ketones is 1. The molecule has 3 aromatic rings. The molecule has 1 fully saturated rings. The maximum Gasteiger partial charge on any atom is 0.350 e. The lowest BCUT2D eigenvalue weighted by Gasteiger charge is -2.23. The molecule has 0 spiro atoms. The Morgan fingerprint density at radius 1 is 1.11 bits per heavy atom. The van der Waals surface area contributed by atoms with Crippen molar-refractivity contribution in [2.24, 2.45) is 0 Å². The van der Waals surface area contributed by atoms with Crippen LogP contribution < -0.4 is 4.90 Å². The van der Waals surface area contributed by atoms with Gasteiger partial charge in [-0.05, 0) is 48.2 Å². The fourth-order valence-corrected chi connectivity index (χ4v) is 4.95. The van der Waals surface area contributed by atoms with Gasteiger partial charge in [-0.15, -0.1) is 0 Å². The predicted octanol–water partition coefficient (Wildman–Crippen LogP) is 5.13. The molecule has 1 amide bonds. The van der Waals surface area contributed by atoms with Gasteiger partial charge in [0.15, 0.2) is 5.13 Å². The van der Waals surface area contributed by atoms with E-state index in [1.165, 1.54) is 24.1 Å². The van der Waals surface area contributed by atoms with Crippen LogP contribution in [0.1, 0.15) is 57.9 Å². The van der Waals surface area contributed by atoms with Crippen LogP contribution in [0.25, 0.3) is 5.76 Å². The molecule has 0 unspecified atom stereocenters. The predicted molar refractivity (Wildman–Crippen MR) is 130 cm³/mol. The number of nitrogens with zero attached hydrogens (tertiary/aromatic N) is 2. The van der Waals surface area contributed by atoms with Gasteiger partial charge in [-0.25, -0.2) is 14.2 Å². The molecule has 0 radical (unpaired) electrons. The highest BCUT2D eigenvalue weighted by atomic mass is 32.1. The number of methoxy groups -OCH3 is 1. The van der Waals surface area contributed by atoms with E-state index in [2.05, 4.69) is 4.98 Å². The highest BCUT2D eigenvalue weighted by molar-refractivity contribution is 7.17. The Bertz CT molecular complexity index is 1340. The minimum atomic E-state index is -1.00. The third-order valence-corrected chi connectivity index (χ3v) is 6.98. The zero-order valence-electron chi connectivity index (χ0n) is 19.5. The second-order valence-corrected chi connectivity index (χ2v) is 9.38. The minimum absolute atomic E-state index is 0.126. The number of thiazole rings is 1. The molecule has 35 heavy (non-hydrogen) atoms. The van der Waals surface area contributed by atoms with Crippen LogP contribution in [0.15, 0.2) is 54.1 Å². The van der Waals surface area contributed by atoms with Crippen molar-refractivity contribution in [2.45, 2.75) is 32.7 Å². The summed E-state index contributed by atoms with van der Waals surface area (Å²) in [6, 6.07) is 11.3. The lowest BCUT2D eigenvalue weighted by atomic mass is 9.93. The number of Topliss-reactive ketones (excluding diaryl/α,β-unsaturated/α-hetero) is 1. The van der Waals surface area contributed by atoms with Crippen molar-refractivity contribution in [3.63, 3.8) is 0 Å². The summed E-state index contributed by atoms with van der Waals surface area (Å²) in [4.78, 5) is 44.4. The molecule has 9 heteroatoms. The van der Waals surface area contributed by atoms with E-state index in [1.54, 1.807) is 19.1 Å². The molecule has 1 aromatic heterocycles. The molecular formula is C26H23FN2O5S. The summed E-state index contributed by atoms with van der Waals surface area (Å²) in [7, 11) is 1.24. The van der Waals surface area contributed by atoms with Crippen LogP contribution in [-0.4, -0.2) is 34.9 Å². The molecule has 2 heterocycles. The number of anilines is 1. The topological polar surface area (TPSA) is 96.8 Å². The van der Waals surface area contributed by atoms with Crippen molar-refractivity contribution in [3.8, 4) is 0 Å². The maximum absolute atomic E-state index is 13.5. The quantitative estimate of drug-likeness (QED) is 0.229. The van der Waals surface area contributed by atoms with Crippen molar-refractivity contribution in [3.05, 3.63) is 87.2 Å². The first-order valence-corrected chi connectivity index (χ1v) is 11.7. The van der Waals surface area contributed by atoms with Gasteiger partial charge in [0, 0.05) is 5.56 Å². The summed E-state index contributed by atoms with van der Waals surface area (Å²) in [5, 5.41) is 11.2. The number of aromatic nitrogens is 1. The van der Waals surface area contributed by atoms with Gasteiger partial charge in [0.05, 0.1) is 24.4 Å². The van der Waals surface area contributed by atoms with Crippen molar-refractivity contribution < 1.29 is 28.6 Å². The monoisotopic (exact) mass is 494 g/mol. The summed E-state index contributed by atoms with van der Waals surface area (Å²) < 4.78 is 18.3. The molecule has 1 atom stereocenters. The van der Waals surface area contributed by atoms with Gasteiger partial charge in [-0.1, -0.05) is 49.4 Å². The Hall–Kier alpha value is -3.85. The SMILES string of the molecule is COC(=O)c1sc(N2C(=O)C(=O)/C(=C(/O)c3ccc(F)cc3)[C@@H]2c2ccc(C(C)C)cc2)nc1C. The summed E-state index contributed by atoms with van der Waals surface area (Å²) in [5.41, 5.74) is 2.03. The number of benzene rings is 2. The lowest BCUT2D eigenvalue weighted by molar-refractivity contribution is -0.132. The number of halogens is 1. The molecule has 1 saturated heterocycles. The zero-order valence-corrected chi connectivity index (χ0v) is 20.4. The molecule has 0 saturated carbocycles. The van der Waals surface area contributed by atoms with Crippen molar-refractivity contribution in [1.29, 1.82) is 0 Å². The van der Waals surface area contributed by atoms with Gasteiger partial charge in [-0.3, -0.25) is 14.5 Å². The van der Waals surface area contributed by atoms with Gasteiger partial charge in [0.1, 0.15) is 16.5 Å². The van der Waals surface area contributed by atoms with E-state index in [0.29, 0.717) is 11.3 Å². The third-order valence-electron chi connectivity index (χ3n) is 5.84. The van der Waals surface area contributed by atoms with Gasteiger partial charge < -0.3 is 9.84 Å². The highest BCUT2D eigenvalue weighted by Gasteiger charge is 2.48. The van der Waals surface area contributed by atoms with E-state index >= 15 is 0 Å². The molecule has 0 aliphatic carbocycles. The average molecular weight is 495 g/mol. The van der Waals surface area contributed by atoms with Gasteiger partial charge >= 0.3 is 11.9 Å². The van der Waals surface area contributed by atoms with E-state index in [1.807, 2.05) is 26.0 Å². The smallest absolute Gasteiger partial charge is 0.350 e. The second kappa shape index (κ2) is 9.42. The number of hydrogen-bond donors (Lipinski definition) is 1. The first kappa shape index (κ1) is 24.3. The number of carbonyl (C=O) groups excluding carboxylic acids is 3. The maximum atomic E-state index is 13.5. The van der Waals surface area contributed by atoms with Crippen LogP contribution in [-0.2, 0) is 14.3 Å². The molecule has 180 valence electrons. The van der Waals surface area contributed by atoms with Gasteiger partial charge in [-0.2, -0.15) is 0 Å². The standard InChI is InChI=1S/C26H23FN2O5S/c1-13(2)15-5-7-16(8-6-15)20-19(21(30)17-9-11-18(27)12-10-17)22(31)24(32)29(20)26-28-14(3)23(35-26)25(33)34-4/h5-13,20,30H,1-4H3/b21-19+/t20-/m0/s1. The second-order valence-electron chi connectivity index (χ2n) is 8.40. The number of hydrogen-bond acceptors (Lipinski definition) is 7. The van der Waals surface area contributed by atoms with Crippen LogP contribution in [0.2, 0.25) is 0 Å². The van der Waals surface area contributed by atoms with Gasteiger partial charge in [0.2, 0.25) is 0 Å². The van der Waals surface area contributed by atoms with E-state index in [0.717, 1.165) is 29.0 Å². The fraction of sp³-hybridized carbons (Fsp3) is 0.231. The normalized spacial score (nSPS) is 17.3. The fourth-order valence-electron chi connectivity index (χ4n) is 3.94. The summed E-state index contributed by atoms with van der Waals surface area (Å²) in [5.74, 6) is -3.07. The Labute approximate surface area is 205 Å². The minimum Gasteiger partial charge on any atom is -0.507 e. The highest BCUT2D eigenvalue weighted by Crippen LogP contribution is 2.44. The average Bonchev–Trinajstić information content (AvgIpc) is 3.35. The number of carbonyl (C=O) groups is 3. The van der Waals surface area contributed by atoms with Crippen LogP contribution in [0.4, 0.5) is 9.52 Å². The summed E-state index contributed by atoms with van der Waals surface area (Å²) >= 11 is 0.927. The number of ether oxygens (including phenoxy) is 1. The zero-order chi connectivity index (χ0) is 25.4. The lowest BCUT2D eigenvalue weighted by Crippen LogP contribution is -2.29. The van der Waals surface area contributed by atoms with Crippen molar-refractivity contribution >= 4 is 39.9 Å². The first-order chi connectivity index (χ1) is 16.6. The Balaban J connectivity index is 1.92. The molecule has 1 aliphatic heterocycles. The van der Waals surface area contributed by atoms with Crippen LogP contribution >= 0.6 is 11.3 Å². The molecule has 2 aromatic carbocycles. The molecule has 1 N–H and O–H groups in total. The first-order valence-electron chi connectivity index (χ1n) is 10.9. The Kier molecular flexibility index (Phi) is 6.53. The number of amides is 1. The molecule has 7 nitrogen and oxygen atoms in total. The number of aryl methyl sites for hydroxylation is 1. The van der Waals surface area contributed by atoms with Crippen LogP contribution in [0.3, 0.4) is 0 Å². The Morgan fingerprint density at radius 3 is 2.31 bits per heavy atom. The van der Waals surface area contributed by atoms with Crippen molar-refractivity contribution in [1.82, 2.24) is 4.98 Å². The summed E-state index contributed by atoms with van der Waals surface area (Å²) in [6.07, 6.45) is 0.